The molecule has 0 aliphatic carbocycles. The third kappa shape index (κ3) is 4.76. The normalized spacial score (nSPS) is 29.2. The quantitative estimate of drug-likeness (QED) is 0.512. The van der Waals surface area contributed by atoms with Gasteiger partial charge in [0.05, 0.1) is 37.8 Å². The lowest BCUT2D eigenvalue weighted by Gasteiger charge is -2.41. The van der Waals surface area contributed by atoms with Gasteiger partial charge < -0.3 is 24.6 Å². The average Bonchev–Trinajstić information content (AvgIpc) is 3.01. The minimum Gasteiger partial charge on any atom is -0.495 e. The maximum Gasteiger partial charge on any atom is 0.208 e. The van der Waals surface area contributed by atoms with Crippen LogP contribution in [0.25, 0.3) is 0 Å². The number of hydrogen-bond acceptors (Lipinski definition) is 8. The number of rotatable bonds is 7. The summed E-state index contributed by atoms with van der Waals surface area (Å²) in [7, 11) is -1.73. The first-order valence-corrected chi connectivity index (χ1v) is 11.2. The van der Waals surface area contributed by atoms with Gasteiger partial charge in [0.2, 0.25) is 10.0 Å². The van der Waals surface area contributed by atoms with Crippen LogP contribution in [-0.4, -0.2) is 101 Å². The van der Waals surface area contributed by atoms with Crippen LogP contribution in [0, 0.1) is 0 Å². The van der Waals surface area contributed by atoms with Gasteiger partial charge >= 0.3 is 0 Å². The number of anilines is 1. The van der Waals surface area contributed by atoms with Crippen molar-refractivity contribution >= 4 is 15.7 Å². The molecule has 2 aliphatic rings. The second-order valence-electron chi connectivity index (χ2n) is 7.19. The number of nitrogens with zero attached hydrogens (tertiary/aromatic N) is 2. The Kier molecular flexibility index (Phi) is 6.79. The molecule has 0 saturated carbocycles. The van der Waals surface area contributed by atoms with Crippen molar-refractivity contribution in [1.29, 1.82) is 0 Å². The Morgan fingerprint density at radius 1 is 1.21 bits per heavy atom. The van der Waals surface area contributed by atoms with Gasteiger partial charge in [0.25, 0.3) is 0 Å². The minimum absolute atomic E-state index is 0.0593. The van der Waals surface area contributed by atoms with Crippen LogP contribution >= 0.6 is 0 Å². The molecular formula is C18H29N3O6S. The lowest BCUT2D eigenvalue weighted by Crippen LogP contribution is -2.57. The Labute approximate surface area is 165 Å². The van der Waals surface area contributed by atoms with E-state index in [-0.39, 0.29) is 19.2 Å². The van der Waals surface area contributed by atoms with Crippen LogP contribution in [0.3, 0.4) is 0 Å². The summed E-state index contributed by atoms with van der Waals surface area (Å²) in [5.41, 5.74) is 1.02. The molecule has 28 heavy (non-hydrogen) atoms. The largest absolute Gasteiger partial charge is 0.495 e. The Bertz CT molecular complexity index is 753. The first kappa shape index (κ1) is 21.3. The van der Waals surface area contributed by atoms with Gasteiger partial charge in [0, 0.05) is 32.7 Å². The van der Waals surface area contributed by atoms with Crippen LogP contribution in [0.15, 0.2) is 24.3 Å². The van der Waals surface area contributed by atoms with E-state index in [4.69, 9.17) is 9.47 Å². The van der Waals surface area contributed by atoms with Gasteiger partial charge in [0.1, 0.15) is 18.0 Å². The summed E-state index contributed by atoms with van der Waals surface area (Å²) >= 11 is 0. The maximum absolute atomic E-state index is 11.5. The minimum atomic E-state index is -3.37. The number of piperazine rings is 1. The van der Waals surface area contributed by atoms with E-state index in [1.165, 1.54) is 0 Å². The highest BCUT2D eigenvalue weighted by Gasteiger charge is 2.46. The summed E-state index contributed by atoms with van der Waals surface area (Å²) < 4.78 is 36.5. The number of benzene rings is 1. The van der Waals surface area contributed by atoms with Gasteiger partial charge in [-0.3, -0.25) is 4.90 Å². The van der Waals surface area contributed by atoms with E-state index in [0.29, 0.717) is 13.1 Å². The molecular weight excluding hydrogens is 386 g/mol. The molecule has 0 unspecified atom stereocenters. The second kappa shape index (κ2) is 8.93. The Morgan fingerprint density at radius 2 is 1.89 bits per heavy atom. The zero-order valence-corrected chi connectivity index (χ0v) is 17.0. The predicted molar refractivity (Wildman–Crippen MR) is 105 cm³/mol. The molecule has 3 rings (SSSR count). The zero-order chi connectivity index (χ0) is 20.3. The molecule has 2 saturated heterocycles. The molecule has 10 heteroatoms. The number of ether oxygens (including phenoxy) is 2. The highest BCUT2D eigenvalue weighted by Crippen LogP contribution is 2.31. The van der Waals surface area contributed by atoms with Gasteiger partial charge in [-0.25, -0.2) is 13.1 Å². The Morgan fingerprint density at radius 3 is 2.50 bits per heavy atom. The van der Waals surface area contributed by atoms with Crippen molar-refractivity contribution in [1.82, 2.24) is 9.62 Å². The van der Waals surface area contributed by atoms with Crippen LogP contribution < -0.4 is 14.4 Å². The topological polar surface area (TPSA) is 112 Å². The summed E-state index contributed by atoms with van der Waals surface area (Å²) in [5, 5.41) is 20.1. The van der Waals surface area contributed by atoms with Gasteiger partial charge in [-0.2, -0.15) is 0 Å². The molecule has 2 aliphatic heterocycles. The predicted octanol–water partition coefficient (Wildman–Crippen LogP) is -1.14. The fourth-order valence-corrected chi connectivity index (χ4v) is 4.45. The average molecular weight is 416 g/mol. The molecule has 3 N–H and O–H groups in total. The van der Waals surface area contributed by atoms with Crippen molar-refractivity contribution in [2.45, 2.75) is 24.4 Å². The molecule has 0 aromatic heterocycles. The van der Waals surface area contributed by atoms with Crippen molar-refractivity contribution in [2.75, 3.05) is 57.6 Å². The number of nitrogens with one attached hydrogen (secondary N) is 1. The van der Waals surface area contributed by atoms with Crippen molar-refractivity contribution < 1.29 is 28.1 Å². The molecule has 9 nitrogen and oxygen atoms in total. The number of hydrogen-bond donors (Lipinski definition) is 3. The standard InChI is InChI=1S/C18H29N3O6S/c1-26-14-6-4-3-5-13(14)20-7-9-21(10-8-20)17-15(11-19-28(2,24)25)27-16(12-22)18(17)23/h3-6,15-19,22-23H,7-12H2,1-2H3/t15-,16+,17-,18-/m1/s1. The Balaban J connectivity index is 1.68. The third-order valence-corrected chi connectivity index (χ3v) is 6.04. The third-order valence-electron chi connectivity index (χ3n) is 5.35. The maximum atomic E-state index is 11.5. The lowest BCUT2D eigenvalue weighted by atomic mass is 10.0. The number of aliphatic hydroxyl groups is 2. The van der Waals surface area contributed by atoms with Crippen LogP contribution in [0.2, 0.25) is 0 Å². The number of aliphatic hydroxyl groups excluding tert-OH is 2. The van der Waals surface area contributed by atoms with Crippen LogP contribution in [0.4, 0.5) is 5.69 Å². The first-order chi connectivity index (χ1) is 13.3. The van der Waals surface area contributed by atoms with E-state index in [1.807, 2.05) is 24.3 Å². The summed E-state index contributed by atoms with van der Waals surface area (Å²) in [6.07, 6.45) is -1.04. The number of para-hydroxylation sites is 2. The van der Waals surface area contributed by atoms with Crippen LogP contribution in [0.1, 0.15) is 0 Å². The van der Waals surface area contributed by atoms with Crippen LogP contribution in [0.5, 0.6) is 5.75 Å². The molecule has 1 aromatic carbocycles. The SMILES string of the molecule is COc1ccccc1N1CCN([C@H]2[C@H](O)[C@H](CO)O[C@@H]2CNS(C)(=O)=O)CC1. The van der Waals surface area contributed by atoms with Crippen molar-refractivity contribution in [3.8, 4) is 5.75 Å². The zero-order valence-electron chi connectivity index (χ0n) is 16.2. The highest BCUT2D eigenvalue weighted by atomic mass is 32.2. The van der Waals surface area contributed by atoms with Gasteiger partial charge in [-0.1, -0.05) is 12.1 Å². The molecule has 4 atom stereocenters. The summed E-state index contributed by atoms with van der Waals surface area (Å²) in [6.45, 7) is 2.57. The molecule has 2 fully saturated rings. The summed E-state index contributed by atoms with van der Waals surface area (Å²) in [4.78, 5) is 4.34. The van der Waals surface area contributed by atoms with Crippen molar-refractivity contribution in [3.63, 3.8) is 0 Å². The van der Waals surface area contributed by atoms with E-state index in [9.17, 15) is 18.6 Å². The monoisotopic (exact) mass is 415 g/mol. The van der Waals surface area contributed by atoms with Gasteiger partial charge in [-0.15, -0.1) is 0 Å². The molecule has 0 bridgehead atoms. The van der Waals surface area contributed by atoms with Gasteiger partial charge in [0.15, 0.2) is 0 Å². The fraction of sp³-hybridized carbons (Fsp3) is 0.667. The van der Waals surface area contributed by atoms with E-state index in [2.05, 4.69) is 14.5 Å². The number of sulfonamides is 1. The Hall–Kier alpha value is -1.43. The summed E-state index contributed by atoms with van der Waals surface area (Å²) in [5.74, 6) is 0.816. The summed E-state index contributed by atoms with van der Waals surface area (Å²) in [6, 6.07) is 7.46. The van der Waals surface area contributed by atoms with E-state index >= 15 is 0 Å². The van der Waals surface area contributed by atoms with Crippen molar-refractivity contribution in [3.05, 3.63) is 24.3 Å². The fourth-order valence-electron chi connectivity index (χ4n) is 3.98. The van der Waals surface area contributed by atoms with Crippen LogP contribution in [-0.2, 0) is 14.8 Å². The smallest absolute Gasteiger partial charge is 0.208 e. The molecule has 2 heterocycles. The van der Waals surface area contributed by atoms with Gasteiger partial charge in [-0.05, 0) is 12.1 Å². The van der Waals surface area contributed by atoms with E-state index in [0.717, 1.165) is 30.8 Å². The molecule has 0 spiro atoms. The van der Waals surface area contributed by atoms with E-state index < -0.39 is 28.3 Å². The molecule has 158 valence electrons. The molecule has 0 amide bonds. The molecule has 0 radical (unpaired) electrons. The first-order valence-electron chi connectivity index (χ1n) is 9.35. The van der Waals surface area contributed by atoms with Crippen molar-refractivity contribution in [2.24, 2.45) is 0 Å². The van der Waals surface area contributed by atoms with E-state index in [1.54, 1.807) is 7.11 Å². The highest BCUT2D eigenvalue weighted by molar-refractivity contribution is 7.88. The second-order valence-corrected chi connectivity index (χ2v) is 9.03. The number of methoxy groups -OCH3 is 1. The molecule has 1 aromatic rings. The lowest BCUT2D eigenvalue weighted by molar-refractivity contribution is -0.0201.